The third-order valence-electron chi connectivity index (χ3n) is 2.15. The molecule has 84 valence electrons. The summed E-state index contributed by atoms with van der Waals surface area (Å²) in [6, 6.07) is -0.506. The highest BCUT2D eigenvalue weighted by Crippen LogP contribution is 2.17. The molecule has 0 aromatic heterocycles. The minimum Gasteiger partial charge on any atom is -0.396 e. The van der Waals surface area contributed by atoms with Crippen molar-refractivity contribution in [2.45, 2.75) is 33.7 Å². The average Bonchev–Trinajstić information content (AvgIpc) is 2.10. The van der Waals surface area contributed by atoms with Crippen LogP contribution in [-0.2, 0) is 4.79 Å². The molecule has 2 atom stereocenters. The summed E-state index contributed by atoms with van der Waals surface area (Å²) in [5.41, 5.74) is 5.52. The highest BCUT2D eigenvalue weighted by molar-refractivity contribution is 5.82. The first-order valence-electron chi connectivity index (χ1n) is 4.93. The second kappa shape index (κ2) is 5.32. The van der Waals surface area contributed by atoms with E-state index in [9.17, 15) is 4.79 Å². The van der Waals surface area contributed by atoms with E-state index in [2.05, 4.69) is 5.32 Å². The molecule has 4 heteroatoms. The predicted octanol–water partition coefficient (Wildman–Crippen LogP) is 0.104. The largest absolute Gasteiger partial charge is 0.396 e. The fourth-order valence-electron chi connectivity index (χ4n) is 0.843. The van der Waals surface area contributed by atoms with Crippen LogP contribution >= 0.6 is 0 Å². The van der Waals surface area contributed by atoms with Crippen molar-refractivity contribution in [3.63, 3.8) is 0 Å². The Morgan fingerprint density at radius 3 is 2.36 bits per heavy atom. The van der Waals surface area contributed by atoms with Crippen LogP contribution in [0.2, 0.25) is 0 Å². The van der Waals surface area contributed by atoms with Crippen LogP contribution in [0.3, 0.4) is 0 Å². The molecule has 0 aliphatic carbocycles. The van der Waals surface area contributed by atoms with Crippen molar-refractivity contribution in [1.82, 2.24) is 5.32 Å². The summed E-state index contributed by atoms with van der Waals surface area (Å²) in [6.45, 7) is 8.18. The van der Waals surface area contributed by atoms with Gasteiger partial charge in [0.15, 0.2) is 0 Å². The summed E-state index contributed by atoms with van der Waals surface area (Å²) < 4.78 is 0. The van der Waals surface area contributed by atoms with Crippen molar-refractivity contribution >= 4 is 5.91 Å². The molecular weight excluding hydrogens is 180 g/mol. The van der Waals surface area contributed by atoms with Crippen LogP contribution in [0.5, 0.6) is 0 Å². The molecule has 0 spiro atoms. The molecule has 0 saturated carbocycles. The number of hydrogen-bond donors (Lipinski definition) is 3. The van der Waals surface area contributed by atoms with Gasteiger partial charge in [-0.25, -0.2) is 0 Å². The van der Waals surface area contributed by atoms with E-state index in [-0.39, 0.29) is 23.8 Å². The zero-order valence-electron chi connectivity index (χ0n) is 9.50. The molecule has 0 saturated heterocycles. The van der Waals surface area contributed by atoms with Crippen molar-refractivity contribution in [3.8, 4) is 0 Å². The number of amides is 1. The molecule has 0 radical (unpaired) electrons. The molecule has 0 aromatic rings. The lowest BCUT2D eigenvalue weighted by Crippen LogP contribution is -2.49. The molecule has 0 heterocycles. The zero-order chi connectivity index (χ0) is 11.4. The average molecular weight is 202 g/mol. The van der Waals surface area contributed by atoms with Gasteiger partial charge in [0.25, 0.3) is 0 Å². The first-order valence-corrected chi connectivity index (χ1v) is 4.93. The minimum atomic E-state index is -0.506. The maximum Gasteiger partial charge on any atom is 0.237 e. The van der Waals surface area contributed by atoms with Gasteiger partial charge in [-0.15, -0.1) is 0 Å². The van der Waals surface area contributed by atoms with Gasteiger partial charge in [0.05, 0.1) is 6.04 Å². The Morgan fingerprint density at radius 2 is 2.00 bits per heavy atom. The molecule has 4 N–H and O–H groups in total. The van der Waals surface area contributed by atoms with Gasteiger partial charge in [-0.2, -0.15) is 0 Å². The Hall–Kier alpha value is -0.610. The number of aliphatic hydroxyl groups is 1. The van der Waals surface area contributed by atoms with Gasteiger partial charge in [0.2, 0.25) is 5.91 Å². The van der Waals surface area contributed by atoms with Gasteiger partial charge < -0.3 is 16.2 Å². The third-order valence-corrected chi connectivity index (χ3v) is 2.15. The Labute approximate surface area is 85.9 Å². The fourth-order valence-corrected chi connectivity index (χ4v) is 0.843. The molecule has 0 fully saturated rings. The number of nitrogens with one attached hydrogen (secondary N) is 1. The van der Waals surface area contributed by atoms with Crippen LogP contribution in [0.1, 0.15) is 27.7 Å². The summed E-state index contributed by atoms with van der Waals surface area (Å²) in [7, 11) is 0. The van der Waals surface area contributed by atoms with Gasteiger partial charge in [0.1, 0.15) is 0 Å². The van der Waals surface area contributed by atoms with Crippen molar-refractivity contribution in [2.75, 3.05) is 13.2 Å². The lowest BCUT2D eigenvalue weighted by Gasteiger charge is -2.26. The number of aliphatic hydroxyl groups excluding tert-OH is 1. The first-order chi connectivity index (χ1) is 6.29. The number of nitrogens with two attached hydrogens (primary N) is 1. The van der Waals surface area contributed by atoms with Crippen LogP contribution in [0, 0.1) is 11.3 Å². The second-order valence-corrected chi connectivity index (χ2v) is 4.88. The van der Waals surface area contributed by atoms with Gasteiger partial charge in [-0.3, -0.25) is 4.79 Å². The second-order valence-electron chi connectivity index (χ2n) is 4.88. The summed E-state index contributed by atoms with van der Waals surface area (Å²) in [6.07, 6.45) is 0. The molecule has 1 amide bonds. The van der Waals surface area contributed by atoms with E-state index in [1.165, 1.54) is 0 Å². The van der Waals surface area contributed by atoms with E-state index in [0.29, 0.717) is 6.54 Å². The Balaban J connectivity index is 3.97. The van der Waals surface area contributed by atoms with E-state index in [0.717, 1.165) is 0 Å². The van der Waals surface area contributed by atoms with Crippen LogP contribution in [0.25, 0.3) is 0 Å². The van der Waals surface area contributed by atoms with Crippen molar-refractivity contribution < 1.29 is 9.90 Å². The van der Waals surface area contributed by atoms with Crippen LogP contribution in [0.15, 0.2) is 0 Å². The van der Waals surface area contributed by atoms with Crippen molar-refractivity contribution in [2.24, 2.45) is 17.1 Å². The van der Waals surface area contributed by atoms with E-state index < -0.39 is 6.04 Å². The first kappa shape index (κ1) is 13.4. The molecule has 4 nitrogen and oxygen atoms in total. The highest BCUT2D eigenvalue weighted by Gasteiger charge is 2.27. The van der Waals surface area contributed by atoms with Crippen LogP contribution in [-0.4, -0.2) is 30.2 Å². The van der Waals surface area contributed by atoms with Crippen LogP contribution in [0.4, 0.5) is 0 Å². The highest BCUT2D eigenvalue weighted by atomic mass is 16.3. The quantitative estimate of drug-likeness (QED) is 0.605. The number of rotatable bonds is 4. The third kappa shape index (κ3) is 4.58. The summed E-state index contributed by atoms with van der Waals surface area (Å²) in [5, 5.41) is 11.5. The summed E-state index contributed by atoms with van der Waals surface area (Å²) in [5.74, 6) is -0.0797. The van der Waals surface area contributed by atoms with E-state index in [1.807, 2.05) is 27.7 Å². The number of carbonyl (C=O) groups is 1. The Morgan fingerprint density at radius 1 is 1.50 bits per heavy atom. The summed E-state index contributed by atoms with van der Waals surface area (Å²) >= 11 is 0. The normalized spacial score (nSPS) is 16.1. The van der Waals surface area contributed by atoms with E-state index in [1.54, 1.807) is 0 Å². The topological polar surface area (TPSA) is 75.3 Å². The number of carbonyl (C=O) groups excluding carboxylic acids is 1. The zero-order valence-corrected chi connectivity index (χ0v) is 9.50. The molecule has 0 bridgehead atoms. The maximum atomic E-state index is 11.5. The molecular formula is C10H22N2O2. The standard InChI is InChI=1S/C10H22N2O2/c1-7(6-13)5-12-9(14)8(11)10(2,3)4/h7-8,13H,5-6,11H2,1-4H3,(H,12,14)/t7?,8-/m0/s1. The molecule has 14 heavy (non-hydrogen) atoms. The van der Waals surface area contributed by atoms with Gasteiger partial charge >= 0.3 is 0 Å². The molecule has 0 aliphatic heterocycles. The van der Waals surface area contributed by atoms with Crippen molar-refractivity contribution in [1.29, 1.82) is 0 Å². The predicted molar refractivity (Wildman–Crippen MR) is 56.7 cm³/mol. The van der Waals surface area contributed by atoms with Crippen molar-refractivity contribution in [3.05, 3.63) is 0 Å². The molecule has 0 aliphatic rings. The SMILES string of the molecule is CC(CO)CNC(=O)[C@H](N)C(C)(C)C. The molecule has 0 rings (SSSR count). The smallest absolute Gasteiger partial charge is 0.237 e. The fraction of sp³-hybridized carbons (Fsp3) is 0.900. The van der Waals surface area contributed by atoms with E-state index >= 15 is 0 Å². The van der Waals surface area contributed by atoms with Crippen LogP contribution < -0.4 is 11.1 Å². The molecule has 0 aromatic carbocycles. The number of hydrogen-bond acceptors (Lipinski definition) is 3. The molecule has 1 unspecified atom stereocenters. The lowest BCUT2D eigenvalue weighted by molar-refractivity contribution is -0.124. The van der Waals surface area contributed by atoms with E-state index in [4.69, 9.17) is 10.8 Å². The monoisotopic (exact) mass is 202 g/mol. The lowest BCUT2D eigenvalue weighted by atomic mass is 9.87. The van der Waals surface area contributed by atoms with Gasteiger partial charge in [-0.05, 0) is 11.3 Å². The Bertz CT molecular complexity index is 187. The minimum absolute atomic E-state index is 0.0744. The summed E-state index contributed by atoms with van der Waals surface area (Å²) in [4.78, 5) is 11.5. The van der Waals surface area contributed by atoms with Gasteiger partial charge in [0, 0.05) is 13.2 Å². The maximum absolute atomic E-state index is 11.5. The van der Waals surface area contributed by atoms with Gasteiger partial charge in [-0.1, -0.05) is 27.7 Å². The Kier molecular flexibility index (Phi) is 5.08.